The lowest BCUT2D eigenvalue weighted by atomic mass is 9.76. The van der Waals surface area contributed by atoms with Crippen LogP contribution in [0.2, 0.25) is 0 Å². The molecule has 2 aromatic carbocycles. The van der Waals surface area contributed by atoms with E-state index in [4.69, 9.17) is 12.6 Å². The van der Waals surface area contributed by atoms with E-state index in [2.05, 4.69) is 0 Å². The van der Waals surface area contributed by atoms with Crippen LogP contribution in [0.4, 0.5) is 5.69 Å². The van der Waals surface area contributed by atoms with Crippen LogP contribution in [0.1, 0.15) is 16.9 Å². The van der Waals surface area contributed by atoms with Gasteiger partial charge in [-0.25, -0.2) is 0 Å². The first kappa shape index (κ1) is 18.7. The Bertz CT molecular complexity index is 610. The van der Waals surface area contributed by atoms with Gasteiger partial charge >= 0.3 is 0 Å². The minimum absolute atomic E-state index is 0.0608. The lowest BCUT2D eigenvalue weighted by Crippen LogP contribution is -2.00. The molecule has 1 unspecified atom stereocenters. The largest absolute Gasteiger partial charge is 0.497 e. The topological polar surface area (TPSA) is 55.6 Å². The fourth-order valence-electron chi connectivity index (χ4n) is 1.81. The van der Waals surface area contributed by atoms with Gasteiger partial charge < -0.3 is 9.64 Å². The highest BCUT2D eigenvalue weighted by molar-refractivity contribution is 6.14. The van der Waals surface area contributed by atoms with Crippen LogP contribution >= 0.6 is 0 Å². The fourth-order valence-corrected chi connectivity index (χ4v) is 1.81. The molecule has 2 radical (unpaired) electrons. The molecule has 0 spiro atoms. The van der Waals surface area contributed by atoms with Crippen LogP contribution in [0.25, 0.3) is 0 Å². The SMILES string of the molecule is CN(C)C.[B]C(c1ccc(OC)cc1)c1ccc([N+](=O)[O-])cc1. The molecule has 1 atom stereocenters. The first-order chi connectivity index (χ1) is 10.8. The van der Waals surface area contributed by atoms with Crippen molar-refractivity contribution in [3.63, 3.8) is 0 Å². The van der Waals surface area contributed by atoms with E-state index < -0.39 is 4.92 Å². The minimum atomic E-state index is -0.428. The van der Waals surface area contributed by atoms with Crippen LogP contribution in [0.15, 0.2) is 48.5 Å². The molecule has 23 heavy (non-hydrogen) atoms. The highest BCUT2D eigenvalue weighted by Gasteiger charge is 2.10. The second-order valence-electron chi connectivity index (χ2n) is 5.44. The number of hydrogen-bond donors (Lipinski definition) is 0. The molecule has 120 valence electrons. The van der Waals surface area contributed by atoms with Crippen LogP contribution in [0, 0.1) is 10.1 Å². The summed E-state index contributed by atoms with van der Waals surface area (Å²) in [5.41, 5.74) is 1.82. The van der Waals surface area contributed by atoms with E-state index in [1.165, 1.54) is 12.1 Å². The summed E-state index contributed by atoms with van der Waals surface area (Å²) in [4.78, 5) is 12.2. The van der Waals surface area contributed by atoms with E-state index >= 15 is 0 Å². The molecule has 0 heterocycles. The van der Waals surface area contributed by atoms with Crippen LogP contribution < -0.4 is 4.74 Å². The number of nitro groups is 1. The van der Waals surface area contributed by atoms with Crippen molar-refractivity contribution in [2.24, 2.45) is 0 Å². The molecule has 5 nitrogen and oxygen atoms in total. The van der Waals surface area contributed by atoms with Gasteiger partial charge in [-0.1, -0.05) is 24.3 Å². The predicted octanol–water partition coefficient (Wildman–Crippen LogP) is 3.04. The Morgan fingerprint density at radius 2 is 1.39 bits per heavy atom. The number of rotatable bonds is 4. The summed E-state index contributed by atoms with van der Waals surface area (Å²) in [5.74, 6) is 0.450. The van der Waals surface area contributed by atoms with Crippen molar-refractivity contribution >= 4 is 13.5 Å². The third-order valence-corrected chi connectivity index (χ3v) is 2.94. The molecular formula is C17H21BN2O3. The molecule has 0 aliphatic rings. The molecule has 0 fully saturated rings. The zero-order valence-corrected chi connectivity index (χ0v) is 13.9. The zero-order valence-electron chi connectivity index (χ0n) is 13.9. The van der Waals surface area contributed by atoms with Gasteiger partial charge in [0.1, 0.15) is 5.75 Å². The molecular weight excluding hydrogens is 291 g/mol. The monoisotopic (exact) mass is 312 g/mol. The summed E-state index contributed by atoms with van der Waals surface area (Å²) in [6.07, 6.45) is 0. The molecule has 0 bridgehead atoms. The van der Waals surface area contributed by atoms with Gasteiger partial charge in [0, 0.05) is 12.1 Å². The molecule has 0 aliphatic heterocycles. The standard InChI is InChI=1S/C14H12BNO3.C3H9N/c1-19-13-8-4-11(5-9-13)14(15)10-2-6-12(7-3-10)16(17)18;1-4(2)3/h2-9,14H,1H3;1-3H3. The Labute approximate surface area is 138 Å². The normalized spacial score (nSPS) is 11.3. The maximum atomic E-state index is 10.6. The molecule has 0 saturated carbocycles. The number of non-ortho nitro benzene ring substituents is 1. The quantitative estimate of drug-likeness (QED) is 0.495. The number of ether oxygens (including phenoxy) is 1. The Hall–Kier alpha value is -2.34. The summed E-state index contributed by atoms with van der Waals surface area (Å²) in [6, 6.07) is 13.7. The molecule has 0 amide bonds. The van der Waals surface area contributed by atoms with Crippen molar-refractivity contribution in [1.29, 1.82) is 0 Å². The Morgan fingerprint density at radius 1 is 1.00 bits per heavy atom. The second kappa shape index (κ2) is 8.95. The molecule has 2 rings (SSSR count). The average molecular weight is 312 g/mol. The zero-order chi connectivity index (χ0) is 17.4. The smallest absolute Gasteiger partial charge is 0.269 e. The van der Waals surface area contributed by atoms with Gasteiger partial charge in [0.25, 0.3) is 5.69 Å². The van der Waals surface area contributed by atoms with Gasteiger partial charge in [0.15, 0.2) is 0 Å². The summed E-state index contributed by atoms with van der Waals surface area (Å²) in [6.45, 7) is 0. The lowest BCUT2D eigenvalue weighted by Gasteiger charge is -2.13. The van der Waals surface area contributed by atoms with Gasteiger partial charge in [0.2, 0.25) is 0 Å². The molecule has 0 saturated heterocycles. The maximum absolute atomic E-state index is 10.6. The van der Waals surface area contributed by atoms with Crippen molar-refractivity contribution in [2.75, 3.05) is 28.3 Å². The number of nitro benzene ring substituents is 1. The van der Waals surface area contributed by atoms with E-state index in [-0.39, 0.29) is 11.5 Å². The summed E-state index contributed by atoms with van der Waals surface area (Å²) >= 11 is 0. The van der Waals surface area contributed by atoms with Gasteiger partial charge in [-0.3, -0.25) is 10.1 Å². The minimum Gasteiger partial charge on any atom is -0.497 e. The maximum Gasteiger partial charge on any atom is 0.269 e. The highest BCUT2D eigenvalue weighted by Crippen LogP contribution is 2.25. The van der Waals surface area contributed by atoms with Gasteiger partial charge in [-0.15, -0.1) is 0 Å². The van der Waals surface area contributed by atoms with E-state index in [1.54, 1.807) is 19.2 Å². The highest BCUT2D eigenvalue weighted by atomic mass is 16.6. The van der Waals surface area contributed by atoms with Crippen molar-refractivity contribution in [3.8, 4) is 5.75 Å². The van der Waals surface area contributed by atoms with E-state index in [1.807, 2.05) is 50.3 Å². The first-order valence-corrected chi connectivity index (χ1v) is 7.10. The van der Waals surface area contributed by atoms with Crippen molar-refractivity contribution < 1.29 is 9.66 Å². The van der Waals surface area contributed by atoms with Crippen LogP contribution in [-0.2, 0) is 0 Å². The van der Waals surface area contributed by atoms with Crippen molar-refractivity contribution in [1.82, 2.24) is 4.90 Å². The number of hydrogen-bond acceptors (Lipinski definition) is 4. The summed E-state index contributed by atoms with van der Waals surface area (Å²) in [7, 11) is 13.7. The lowest BCUT2D eigenvalue weighted by molar-refractivity contribution is -0.384. The van der Waals surface area contributed by atoms with Crippen molar-refractivity contribution in [2.45, 2.75) is 5.82 Å². The summed E-state index contributed by atoms with van der Waals surface area (Å²) in [5, 5.41) is 10.6. The summed E-state index contributed by atoms with van der Waals surface area (Å²) < 4.78 is 5.08. The molecule has 2 aromatic rings. The Balaban J connectivity index is 0.000000593. The van der Waals surface area contributed by atoms with Crippen molar-refractivity contribution in [3.05, 3.63) is 69.8 Å². The number of benzene rings is 2. The molecule has 0 aliphatic carbocycles. The first-order valence-electron chi connectivity index (χ1n) is 7.10. The fraction of sp³-hybridized carbons (Fsp3) is 0.294. The molecule has 6 heteroatoms. The van der Waals surface area contributed by atoms with Gasteiger partial charge in [-0.05, 0) is 50.2 Å². The van der Waals surface area contributed by atoms with Crippen LogP contribution in [0.3, 0.4) is 0 Å². The molecule has 0 N–H and O–H groups in total. The van der Waals surface area contributed by atoms with Crippen LogP contribution in [0.5, 0.6) is 5.75 Å². The number of nitrogens with zero attached hydrogens (tertiary/aromatic N) is 2. The van der Waals surface area contributed by atoms with E-state index in [0.29, 0.717) is 0 Å². The van der Waals surface area contributed by atoms with E-state index in [9.17, 15) is 10.1 Å². The number of methoxy groups -OCH3 is 1. The van der Waals surface area contributed by atoms with Gasteiger partial charge in [-0.2, -0.15) is 0 Å². The Morgan fingerprint density at radius 3 is 1.74 bits per heavy atom. The third kappa shape index (κ3) is 6.12. The Kier molecular flexibility index (Phi) is 7.28. The predicted molar refractivity (Wildman–Crippen MR) is 93.3 cm³/mol. The molecule has 0 aromatic heterocycles. The van der Waals surface area contributed by atoms with Gasteiger partial charge in [0.05, 0.1) is 19.9 Å². The van der Waals surface area contributed by atoms with E-state index in [0.717, 1.165) is 16.9 Å². The van der Waals surface area contributed by atoms with Crippen LogP contribution in [-0.4, -0.2) is 45.9 Å². The third-order valence-electron chi connectivity index (χ3n) is 2.94. The second-order valence-corrected chi connectivity index (χ2v) is 5.44. The average Bonchev–Trinajstić information content (AvgIpc) is 2.54.